The first-order valence-corrected chi connectivity index (χ1v) is 13.3. The van der Waals surface area contributed by atoms with E-state index >= 15 is 0 Å². The standard InChI is InChI=1S/C19H26ClF3N6O3S2/c1-18(2,3)16(30)29-17(27(4)10-11-6-7-12(20)33-11)25-15(26-29)13-14(19(21,22)23)24-8-9-28(13)34(5,31)32/h6-7,13-14,24H,8-10H2,1-5H3. The predicted molar refractivity (Wildman–Crippen MR) is 124 cm³/mol. The average Bonchev–Trinajstić information content (AvgIpc) is 3.31. The number of aromatic nitrogens is 3. The molecule has 1 fully saturated rings. The van der Waals surface area contributed by atoms with E-state index in [1.807, 2.05) is 0 Å². The van der Waals surface area contributed by atoms with Gasteiger partial charge in [0.15, 0.2) is 5.82 Å². The molecule has 0 spiro atoms. The van der Waals surface area contributed by atoms with Crippen LogP contribution in [0, 0.1) is 5.41 Å². The third-order valence-electron chi connectivity index (χ3n) is 5.17. The quantitative estimate of drug-likeness (QED) is 0.619. The maximum absolute atomic E-state index is 13.9. The summed E-state index contributed by atoms with van der Waals surface area (Å²) in [6.45, 7) is 4.79. The molecule has 2 aromatic rings. The van der Waals surface area contributed by atoms with E-state index in [0.29, 0.717) is 4.34 Å². The van der Waals surface area contributed by atoms with Gasteiger partial charge < -0.3 is 10.2 Å². The van der Waals surface area contributed by atoms with Gasteiger partial charge in [-0.15, -0.1) is 16.4 Å². The SMILES string of the molecule is CN(Cc1ccc(Cl)s1)c1nc(C2C(C(F)(F)F)NCCN2S(C)(=O)=O)nn1C(=O)C(C)(C)C. The van der Waals surface area contributed by atoms with Gasteiger partial charge in [-0.1, -0.05) is 32.4 Å². The van der Waals surface area contributed by atoms with Gasteiger partial charge in [-0.25, -0.2) is 8.42 Å². The normalized spacial score (nSPS) is 20.5. The molecule has 2 unspecified atom stereocenters. The van der Waals surface area contributed by atoms with Crippen molar-refractivity contribution < 1.29 is 26.4 Å². The minimum atomic E-state index is -4.78. The molecule has 190 valence electrons. The van der Waals surface area contributed by atoms with E-state index in [1.54, 1.807) is 44.9 Å². The van der Waals surface area contributed by atoms with Crippen molar-refractivity contribution in [2.45, 2.75) is 45.6 Å². The lowest BCUT2D eigenvalue weighted by molar-refractivity contribution is -0.173. The van der Waals surface area contributed by atoms with Gasteiger partial charge in [-0.2, -0.15) is 27.1 Å². The van der Waals surface area contributed by atoms with Gasteiger partial charge in [0.05, 0.1) is 17.1 Å². The fourth-order valence-electron chi connectivity index (χ4n) is 3.58. The third kappa shape index (κ3) is 5.73. The molecule has 2 atom stereocenters. The number of thiophene rings is 1. The molecule has 1 aliphatic rings. The predicted octanol–water partition coefficient (Wildman–Crippen LogP) is 3.15. The summed E-state index contributed by atoms with van der Waals surface area (Å²) in [5, 5.41) is 6.48. The summed E-state index contributed by atoms with van der Waals surface area (Å²) in [6, 6.07) is -0.531. The Balaban J connectivity index is 2.14. The third-order valence-corrected chi connectivity index (χ3v) is 7.65. The van der Waals surface area contributed by atoms with Crippen LogP contribution < -0.4 is 10.2 Å². The van der Waals surface area contributed by atoms with E-state index in [4.69, 9.17) is 11.6 Å². The fraction of sp³-hybridized carbons (Fsp3) is 0.632. The second kappa shape index (κ2) is 9.37. The number of piperazine rings is 1. The molecule has 3 heterocycles. The van der Waals surface area contributed by atoms with Gasteiger partial charge in [0.2, 0.25) is 16.0 Å². The lowest BCUT2D eigenvalue weighted by Crippen LogP contribution is -2.60. The number of anilines is 1. The molecule has 0 aliphatic carbocycles. The Morgan fingerprint density at radius 3 is 2.47 bits per heavy atom. The van der Waals surface area contributed by atoms with Crippen LogP contribution in [-0.4, -0.2) is 72.0 Å². The van der Waals surface area contributed by atoms with Crippen molar-refractivity contribution in [3.8, 4) is 0 Å². The molecule has 0 saturated carbocycles. The van der Waals surface area contributed by atoms with Crippen LogP contribution in [0.3, 0.4) is 0 Å². The van der Waals surface area contributed by atoms with Crippen molar-refractivity contribution in [2.24, 2.45) is 5.41 Å². The van der Waals surface area contributed by atoms with Gasteiger partial charge in [0, 0.05) is 30.4 Å². The smallest absolute Gasteiger partial charge is 0.339 e. The fourth-order valence-corrected chi connectivity index (χ4v) is 5.77. The molecular formula is C19H26ClF3N6O3S2. The molecule has 15 heteroatoms. The molecule has 3 rings (SSSR count). The lowest BCUT2D eigenvalue weighted by atomic mass is 9.96. The van der Waals surface area contributed by atoms with Crippen LogP contribution in [0.1, 0.15) is 42.3 Å². The summed E-state index contributed by atoms with van der Waals surface area (Å²) in [5.74, 6) is -0.918. The topological polar surface area (TPSA) is 100 Å². The zero-order chi connectivity index (χ0) is 25.6. The van der Waals surface area contributed by atoms with Crippen molar-refractivity contribution in [3.63, 3.8) is 0 Å². The van der Waals surface area contributed by atoms with Crippen LogP contribution in [-0.2, 0) is 16.6 Å². The van der Waals surface area contributed by atoms with E-state index in [-0.39, 0.29) is 25.6 Å². The van der Waals surface area contributed by atoms with Crippen molar-refractivity contribution in [3.05, 3.63) is 27.2 Å². The minimum Gasteiger partial charge on any atom is -0.339 e. The highest BCUT2D eigenvalue weighted by Gasteiger charge is 2.53. The molecule has 9 nitrogen and oxygen atoms in total. The second-order valence-corrected chi connectivity index (χ2v) is 12.8. The van der Waals surface area contributed by atoms with Crippen molar-refractivity contribution in [1.29, 1.82) is 0 Å². The van der Waals surface area contributed by atoms with E-state index in [1.165, 1.54) is 11.3 Å². The lowest BCUT2D eigenvalue weighted by Gasteiger charge is -2.39. The molecule has 34 heavy (non-hydrogen) atoms. The Kier molecular flexibility index (Phi) is 7.40. The van der Waals surface area contributed by atoms with Gasteiger partial charge >= 0.3 is 6.18 Å². The monoisotopic (exact) mass is 542 g/mol. The Hall–Kier alpha value is -1.74. The molecular weight excluding hydrogens is 517 g/mol. The molecule has 1 saturated heterocycles. The Morgan fingerprint density at radius 2 is 1.97 bits per heavy atom. The van der Waals surface area contributed by atoms with E-state index < -0.39 is 45.4 Å². The number of nitrogens with zero attached hydrogens (tertiary/aromatic N) is 5. The molecule has 0 bridgehead atoms. The number of alkyl halides is 3. The van der Waals surface area contributed by atoms with Crippen LogP contribution in [0.25, 0.3) is 0 Å². The van der Waals surface area contributed by atoms with E-state index in [0.717, 1.165) is 20.1 Å². The average molecular weight is 543 g/mol. The molecule has 1 N–H and O–H groups in total. The molecule has 0 radical (unpaired) electrons. The van der Waals surface area contributed by atoms with Crippen LogP contribution in [0.5, 0.6) is 0 Å². The Morgan fingerprint density at radius 1 is 1.32 bits per heavy atom. The van der Waals surface area contributed by atoms with Gasteiger partial charge in [-0.05, 0) is 12.1 Å². The van der Waals surface area contributed by atoms with Crippen LogP contribution in [0.4, 0.5) is 19.1 Å². The first-order valence-electron chi connectivity index (χ1n) is 10.2. The number of halogens is 4. The number of hydrogen-bond donors (Lipinski definition) is 1. The summed E-state index contributed by atoms with van der Waals surface area (Å²) in [7, 11) is -2.43. The highest BCUT2D eigenvalue weighted by molar-refractivity contribution is 7.88. The Bertz CT molecular complexity index is 1160. The van der Waals surface area contributed by atoms with E-state index in [9.17, 15) is 26.4 Å². The maximum Gasteiger partial charge on any atom is 0.405 e. The summed E-state index contributed by atoms with van der Waals surface area (Å²) < 4.78 is 68.7. The number of sulfonamides is 1. The molecule has 2 aromatic heterocycles. The Labute approximate surface area is 204 Å². The van der Waals surface area contributed by atoms with Crippen LogP contribution in [0.2, 0.25) is 4.34 Å². The van der Waals surface area contributed by atoms with Crippen LogP contribution in [0.15, 0.2) is 12.1 Å². The number of hydrogen-bond acceptors (Lipinski definition) is 8. The molecule has 0 aromatic carbocycles. The highest BCUT2D eigenvalue weighted by atomic mass is 35.5. The summed E-state index contributed by atoms with van der Waals surface area (Å²) >= 11 is 7.30. The zero-order valence-electron chi connectivity index (χ0n) is 19.2. The van der Waals surface area contributed by atoms with Gasteiger partial charge in [-0.3, -0.25) is 4.79 Å². The highest BCUT2D eigenvalue weighted by Crippen LogP contribution is 2.37. The molecule has 1 aliphatic heterocycles. The van der Waals surface area contributed by atoms with Crippen LogP contribution >= 0.6 is 22.9 Å². The number of carbonyl (C=O) groups is 1. The first-order chi connectivity index (χ1) is 15.5. The first kappa shape index (κ1) is 26.9. The second-order valence-electron chi connectivity index (χ2n) is 9.09. The van der Waals surface area contributed by atoms with Gasteiger partial charge in [0.1, 0.15) is 12.1 Å². The maximum atomic E-state index is 13.9. The number of carbonyl (C=O) groups excluding carboxylic acids is 1. The van der Waals surface area contributed by atoms with Crippen molar-refractivity contribution >= 4 is 44.8 Å². The summed E-state index contributed by atoms with van der Waals surface area (Å²) in [4.78, 5) is 19.8. The minimum absolute atomic E-state index is 0.000559. The zero-order valence-corrected chi connectivity index (χ0v) is 21.6. The van der Waals surface area contributed by atoms with Crippen molar-refractivity contribution in [2.75, 3.05) is 31.3 Å². The number of nitrogens with one attached hydrogen (secondary N) is 1. The summed E-state index contributed by atoms with van der Waals surface area (Å²) in [6.07, 6.45) is -3.95. The summed E-state index contributed by atoms with van der Waals surface area (Å²) in [5.41, 5.74) is -0.933. The van der Waals surface area contributed by atoms with Gasteiger partial charge in [0.25, 0.3) is 5.91 Å². The molecule has 0 amide bonds. The largest absolute Gasteiger partial charge is 0.405 e. The van der Waals surface area contributed by atoms with Crippen molar-refractivity contribution in [1.82, 2.24) is 24.4 Å². The van der Waals surface area contributed by atoms with E-state index in [2.05, 4.69) is 15.4 Å². The number of rotatable bonds is 5.